The summed E-state index contributed by atoms with van der Waals surface area (Å²) in [4.78, 5) is 1.24. The Balaban J connectivity index is 2.45. The van der Waals surface area contributed by atoms with E-state index in [9.17, 15) is 0 Å². The van der Waals surface area contributed by atoms with Crippen LogP contribution in [0, 0.1) is 0 Å². The Kier molecular flexibility index (Phi) is 6.00. The minimum atomic E-state index is 0.311. The van der Waals surface area contributed by atoms with Crippen LogP contribution in [0.2, 0.25) is 0 Å². The maximum atomic E-state index is 5.05. The molecule has 0 aliphatic heterocycles. The highest BCUT2D eigenvalue weighted by Crippen LogP contribution is 2.13. The van der Waals surface area contributed by atoms with Gasteiger partial charge in [0, 0.05) is 10.9 Å². The summed E-state index contributed by atoms with van der Waals surface area (Å²) in [5.74, 6) is 0. The number of thioether (sulfide) groups is 1. The predicted octanol–water partition coefficient (Wildman–Crippen LogP) is 2.61. The van der Waals surface area contributed by atoms with E-state index in [1.54, 1.807) is 18.0 Å². The first-order valence-corrected chi connectivity index (χ1v) is 6.98. The van der Waals surface area contributed by atoms with Crippen LogP contribution in [-0.2, 0) is 0 Å². The fraction of sp³-hybridized carbons (Fsp3) is 0.333. The number of hydrazone groups is 1. The summed E-state index contributed by atoms with van der Waals surface area (Å²) in [7, 11) is 0. The molecule has 0 aromatic heterocycles. The Hall–Kier alpha value is -1.07. The van der Waals surface area contributed by atoms with Gasteiger partial charge in [0.1, 0.15) is 0 Å². The van der Waals surface area contributed by atoms with Crippen LogP contribution in [0.15, 0.2) is 34.3 Å². The smallest absolute Gasteiger partial charge is 0.187 e. The van der Waals surface area contributed by atoms with E-state index in [1.807, 2.05) is 26.0 Å². The number of thiocarbonyl (C=S) groups is 1. The zero-order valence-corrected chi connectivity index (χ0v) is 11.9. The molecule has 0 saturated heterocycles. The standard InChI is InChI=1S/C12H17N3S2/c1-9(2)14-12(16)15-13-8-10-4-6-11(17-3)7-5-10/h4-9H,1-3H3,(H2,14,15,16). The molecule has 1 aromatic rings. The third-order valence-electron chi connectivity index (χ3n) is 1.92. The molecule has 0 radical (unpaired) electrons. The number of benzene rings is 1. The van der Waals surface area contributed by atoms with Crippen LogP contribution in [0.5, 0.6) is 0 Å². The normalized spacial score (nSPS) is 10.8. The predicted molar refractivity (Wildman–Crippen MR) is 79.8 cm³/mol. The summed E-state index contributed by atoms with van der Waals surface area (Å²) in [5, 5.41) is 7.65. The summed E-state index contributed by atoms with van der Waals surface area (Å²) in [6, 6.07) is 8.49. The molecule has 5 heteroatoms. The monoisotopic (exact) mass is 267 g/mol. The molecule has 3 nitrogen and oxygen atoms in total. The average molecular weight is 267 g/mol. The largest absolute Gasteiger partial charge is 0.359 e. The van der Waals surface area contributed by atoms with Crippen molar-refractivity contribution < 1.29 is 0 Å². The van der Waals surface area contributed by atoms with Gasteiger partial charge in [0.2, 0.25) is 0 Å². The number of nitrogens with zero attached hydrogens (tertiary/aromatic N) is 1. The lowest BCUT2D eigenvalue weighted by Gasteiger charge is -2.09. The summed E-state index contributed by atoms with van der Waals surface area (Å²) in [5.41, 5.74) is 3.82. The van der Waals surface area contributed by atoms with E-state index in [1.165, 1.54) is 4.90 Å². The Morgan fingerprint density at radius 1 is 1.35 bits per heavy atom. The van der Waals surface area contributed by atoms with Crippen molar-refractivity contribution in [3.63, 3.8) is 0 Å². The zero-order valence-electron chi connectivity index (χ0n) is 10.2. The van der Waals surface area contributed by atoms with Crippen LogP contribution >= 0.6 is 24.0 Å². The Labute approximate surface area is 112 Å². The maximum Gasteiger partial charge on any atom is 0.187 e. The first-order valence-electron chi connectivity index (χ1n) is 5.35. The van der Waals surface area contributed by atoms with Gasteiger partial charge in [-0.1, -0.05) is 12.1 Å². The molecule has 0 saturated carbocycles. The van der Waals surface area contributed by atoms with Crippen molar-refractivity contribution in [2.75, 3.05) is 6.26 Å². The topological polar surface area (TPSA) is 36.4 Å². The number of rotatable bonds is 4. The van der Waals surface area contributed by atoms with Crippen molar-refractivity contribution in [1.29, 1.82) is 0 Å². The van der Waals surface area contributed by atoms with Gasteiger partial charge < -0.3 is 5.32 Å². The van der Waals surface area contributed by atoms with E-state index >= 15 is 0 Å². The molecule has 0 atom stereocenters. The van der Waals surface area contributed by atoms with Crippen LogP contribution in [0.4, 0.5) is 0 Å². The second-order valence-electron chi connectivity index (χ2n) is 3.77. The Bertz CT molecular complexity index is 385. The molecule has 0 aliphatic rings. The van der Waals surface area contributed by atoms with Gasteiger partial charge in [0.05, 0.1) is 6.21 Å². The van der Waals surface area contributed by atoms with Crippen LogP contribution in [0.3, 0.4) is 0 Å². The highest BCUT2D eigenvalue weighted by atomic mass is 32.2. The molecule has 0 spiro atoms. The van der Waals surface area contributed by atoms with E-state index in [0.717, 1.165) is 5.56 Å². The minimum absolute atomic E-state index is 0.311. The molecule has 0 unspecified atom stereocenters. The lowest BCUT2D eigenvalue weighted by molar-refractivity contribution is 0.720. The fourth-order valence-corrected chi connectivity index (χ4v) is 1.85. The van der Waals surface area contributed by atoms with Crippen molar-refractivity contribution in [2.24, 2.45) is 5.10 Å². The quantitative estimate of drug-likeness (QED) is 0.380. The van der Waals surface area contributed by atoms with E-state index in [0.29, 0.717) is 11.2 Å². The molecule has 1 rings (SSSR count). The zero-order chi connectivity index (χ0) is 12.7. The van der Waals surface area contributed by atoms with Crippen molar-refractivity contribution in [2.45, 2.75) is 24.8 Å². The third kappa shape index (κ3) is 5.70. The first-order chi connectivity index (χ1) is 8.11. The van der Waals surface area contributed by atoms with E-state index in [2.05, 4.69) is 34.2 Å². The molecule has 0 aliphatic carbocycles. The van der Waals surface area contributed by atoms with Crippen molar-refractivity contribution in [1.82, 2.24) is 10.7 Å². The Morgan fingerprint density at radius 2 is 2.00 bits per heavy atom. The summed E-state index contributed by atoms with van der Waals surface area (Å²) in [6.07, 6.45) is 3.80. The summed E-state index contributed by atoms with van der Waals surface area (Å²) in [6.45, 7) is 4.05. The van der Waals surface area contributed by atoms with Crippen LogP contribution < -0.4 is 10.7 Å². The van der Waals surface area contributed by atoms with Crippen molar-refractivity contribution in [3.8, 4) is 0 Å². The SMILES string of the molecule is CSc1ccc(C=NNC(=S)NC(C)C)cc1. The van der Waals surface area contributed by atoms with Crippen molar-refractivity contribution >= 4 is 35.3 Å². The highest BCUT2D eigenvalue weighted by molar-refractivity contribution is 7.98. The Morgan fingerprint density at radius 3 is 2.53 bits per heavy atom. The van der Waals surface area contributed by atoms with Gasteiger partial charge in [-0.25, -0.2) is 0 Å². The molecular formula is C12H17N3S2. The second-order valence-corrected chi connectivity index (χ2v) is 5.06. The highest BCUT2D eigenvalue weighted by Gasteiger charge is 1.95. The number of hydrogen-bond acceptors (Lipinski definition) is 3. The fourth-order valence-electron chi connectivity index (χ4n) is 1.15. The van der Waals surface area contributed by atoms with Gasteiger partial charge in [-0.2, -0.15) is 5.10 Å². The average Bonchev–Trinajstić information content (AvgIpc) is 2.29. The second kappa shape index (κ2) is 7.29. The first kappa shape index (κ1) is 14.0. The molecule has 1 aromatic carbocycles. The van der Waals surface area contributed by atoms with Gasteiger partial charge in [-0.15, -0.1) is 11.8 Å². The van der Waals surface area contributed by atoms with E-state index < -0.39 is 0 Å². The number of hydrogen-bond donors (Lipinski definition) is 2. The molecule has 0 fully saturated rings. The summed E-state index contributed by atoms with van der Waals surface area (Å²) < 4.78 is 0. The molecule has 0 amide bonds. The maximum absolute atomic E-state index is 5.05. The molecular weight excluding hydrogens is 250 g/mol. The molecule has 92 valence electrons. The van der Waals surface area contributed by atoms with E-state index in [4.69, 9.17) is 12.2 Å². The minimum Gasteiger partial charge on any atom is -0.359 e. The molecule has 0 heterocycles. The third-order valence-corrected chi connectivity index (χ3v) is 2.87. The van der Waals surface area contributed by atoms with E-state index in [-0.39, 0.29) is 0 Å². The molecule has 2 N–H and O–H groups in total. The van der Waals surface area contributed by atoms with Crippen LogP contribution in [0.1, 0.15) is 19.4 Å². The number of nitrogens with one attached hydrogen (secondary N) is 2. The lowest BCUT2D eigenvalue weighted by atomic mass is 10.2. The van der Waals surface area contributed by atoms with Crippen LogP contribution in [0.25, 0.3) is 0 Å². The van der Waals surface area contributed by atoms with Gasteiger partial charge in [0.15, 0.2) is 5.11 Å². The lowest BCUT2D eigenvalue weighted by Crippen LogP contribution is -2.36. The molecule has 17 heavy (non-hydrogen) atoms. The van der Waals surface area contributed by atoms with Gasteiger partial charge in [-0.3, -0.25) is 5.43 Å². The van der Waals surface area contributed by atoms with Gasteiger partial charge in [0.25, 0.3) is 0 Å². The molecule has 0 bridgehead atoms. The van der Waals surface area contributed by atoms with Gasteiger partial charge >= 0.3 is 0 Å². The van der Waals surface area contributed by atoms with Gasteiger partial charge in [-0.05, 0) is 50.0 Å². The van der Waals surface area contributed by atoms with Crippen molar-refractivity contribution in [3.05, 3.63) is 29.8 Å². The van der Waals surface area contributed by atoms with Crippen LogP contribution in [-0.4, -0.2) is 23.6 Å². The summed E-state index contributed by atoms with van der Waals surface area (Å²) >= 11 is 6.77.